The molecule has 5 heteroatoms. The van der Waals surface area contributed by atoms with Crippen molar-refractivity contribution in [3.05, 3.63) is 25.3 Å². The third-order valence-electron chi connectivity index (χ3n) is 4.64. The fourth-order valence-electron chi connectivity index (χ4n) is 3.62. The number of nitrogens with two attached hydrogens (primary N) is 1. The highest BCUT2D eigenvalue weighted by molar-refractivity contribution is 5.85. The van der Waals surface area contributed by atoms with Gasteiger partial charge in [0.2, 0.25) is 5.91 Å². The lowest BCUT2D eigenvalue weighted by molar-refractivity contribution is -0.131. The number of rotatable bonds is 6. The number of hydrogen-bond donors (Lipinski definition) is 1. The van der Waals surface area contributed by atoms with Crippen molar-refractivity contribution in [3.63, 3.8) is 0 Å². The van der Waals surface area contributed by atoms with E-state index in [1.807, 2.05) is 0 Å². The van der Waals surface area contributed by atoms with Gasteiger partial charge in [-0.25, -0.2) is 0 Å². The first-order valence-electron chi connectivity index (χ1n) is 7.63. The van der Waals surface area contributed by atoms with E-state index in [2.05, 4.69) is 18.1 Å². The topological polar surface area (TPSA) is 49.6 Å². The molecule has 1 heterocycles. The summed E-state index contributed by atoms with van der Waals surface area (Å²) in [5.74, 6) is 1.44. The van der Waals surface area contributed by atoms with Crippen LogP contribution in [0.1, 0.15) is 19.3 Å². The molecule has 1 aliphatic carbocycles. The molecule has 1 aliphatic heterocycles. The molecule has 0 aromatic rings. The van der Waals surface area contributed by atoms with Gasteiger partial charge in [-0.05, 0) is 24.7 Å². The Kier molecular flexibility index (Phi) is 7.43. The van der Waals surface area contributed by atoms with Gasteiger partial charge < -0.3 is 10.6 Å². The van der Waals surface area contributed by atoms with Crippen molar-refractivity contribution in [2.75, 3.05) is 32.7 Å². The van der Waals surface area contributed by atoms with Crippen molar-refractivity contribution in [2.24, 2.45) is 17.6 Å². The Hall–Kier alpha value is -0.840. The number of nitrogens with zero attached hydrogens (tertiary/aromatic N) is 2. The Bertz CT molecular complexity index is 365. The summed E-state index contributed by atoms with van der Waals surface area (Å²) in [6, 6.07) is 0.325. The molecule has 21 heavy (non-hydrogen) atoms. The van der Waals surface area contributed by atoms with Gasteiger partial charge in [-0.3, -0.25) is 9.69 Å². The molecule has 2 fully saturated rings. The molecule has 1 saturated carbocycles. The van der Waals surface area contributed by atoms with Crippen molar-refractivity contribution in [1.29, 1.82) is 0 Å². The quantitative estimate of drug-likeness (QED) is 0.759. The maximum Gasteiger partial charge on any atom is 0.237 e. The van der Waals surface area contributed by atoms with Crippen molar-refractivity contribution >= 4 is 18.3 Å². The van der Waals surface area contributed by atoms with Crippen LogP contribution in [0.3, 0.4) is 0 Å². The van der Waals surface area contributed by atoms with Crippen LogP contribution in [-0.2, 0) is 4.79 Å². The van der Waals surface area contributed by atoms with Gasteiger partial charge in [0, 0.05) is 32.2 Å². The van der Waals surface area contributed by atoms with Crippen LogP contribution >= 0.6 is 12.4 Å². The van der Waals surface area contributed by atoms with E-state index >= 15 is 0 Å². The Morgan fingerprint density at radius 3 is 2.48 bits per heavy atom. The molecule has 0 aromatic heterocycles. The predicted octanol–water partition coefficient (Wildman–Crippen LogP) is 1.67. The molecule has 2 aliphatic rings. The van der Waals surface area contributed by atoms with E-state index < -0.39 is 0 Å². The Labute approximate surface area is 134 Å². The van der Waals surface area contributed by atoms with Gasteiger partial charge in [0.1, 0.15) is 0 Å². The average Bonchev–Trinajstić information content (AvgIpc) is 2.82. The first-order chi connectivity index (χ1) is 9.65. The monoisotopic (exact) mass is 313 g/mol. The van der Waals surface area contributed by atoms with Gasteiger partial charge in [-0.15, -0.1) is 25.6 Å². The number of carbonyl (C=O) groups excluding carboxylic acids is 1. The van der Waals surface area contributed by atoms with Crippen LogP contribution in [0.15, 0.2) is 25.3 Å². The van der Waals surface area contributed by atoms with Crippen molar-refractivity contribution < 1.29 is 4.79 Å². The summed E-state index contributed by atoms with van der Waals surface area (Å²) in [5.41, 5.74) is 6.22. The normalized spacial score (nSPS) is 28.3. The van der Waals surface area contributed by atoms with Gasteiger partial charge in [0.05, 0.1) is 6.54 Å². The summed E-state index contributed by atoms with van der Waals surface area (Å²) < 4.78 is 0. The number of hydrogen-bond acceptors (Lipinski definition) is 3. The molecule has 2 rings (SSSR count). The van der Waals surface area contributed by atoms with Crippen LogP contribution in [0.25, 0.3) is 0 Å². The van der Waals surface area contributed by atoms with Crippen molar-refractivity contribution in [1.82, 2.24) is 9.80 Å². The first kappa shape index (κ1) is 18.2. The summed E-state index contributed by atoms with van der Waals surface area (Å²) in [6.07, 6.45) is 7.18. The highest BCUT2D eigenvalue weighted by Gasteiger charge is 2.39. The summed E-state index contributed by atoms with van der Waals surface area (Å²) in [5, 5.41) is 0. The lowest BCUT2D eigenvalue weighted by atomic mass is 9.78. The molecule has 120 valence electrons. The number of halogens is 1. The minimum absolute atomic E-state index is 0. The third kappa shape index (κ3) is 4.56. The maximum atomic E-state index is 12.3. The molecule has 0 radical (unpaired) electrons. The van der Waals surface area contributed by atoms with E-state index in [0.29, 0.717) is 37.5 Å². The van der Waals surface area contributed by atoms with Gasteiger partial charge in [-0.2, -0.15) is 0 Å². The average molecular weight is 314 g/mol. The minimum atomic E-state index is 0. The van der Waals surface area contributed by atoms with Gasteiger partial charge in [-0.1, -0.05) is 18.6 Å². The summed E-state index contributed by atoms with van der Waals surface area (Å²) in [6.45, 7) is 11.1. The maximum absolute atomic E-state index is 12.3. The van der Waals surface area contributed by atoms with Crippen LogP contribution < -0.4 is 5.73 Å². The Balaban J connectivity index is 0.00000220. The first-order valence-corrected chi connectivity index (χ1v) is 7.63. The largest absolute Gasteiger partial charge is 0.334 e. The molecule has 1 amide bonds. The second-order valence-corrected chi connectivity index (χ2v) is 6.09. The third-order valence-corrected chi connectivity index (χ3v) is 4.64. The Morgan fingerprint density at radius 2 is 1.90 bits per heavy atom. The number of carbonyl (C=O) groups is 1. The summed E-state index contributed by atoms with van der Waals surface area (Å²) in [4.78, 5) is 16.4. The van der Waals surface area contributed by atoms with E-state index in [1.165, 1.54) is 12.8 Å². The molecule has 3 atom stereocenters. The highest BCUT2D eigenvalue weighted by atomic mass is 35.5. The number of likely N-dealkylation sites (tertiary alicyclic amines) is 1. The van der Waals surface area contributed by atoms with E-state index in [9.17, 15) is 4.79 Å². The molecule has 0 aromatic carbocycles. The second kappa shape index (κ2) is 8.57. The standard InChI is InChI=1S/C16H27N3O.ClH/c1-3-8-19(9-4-2)16(20)12-18-10-13-6-5-7-15(17)14(13)11-18;/h3-4,13-15H,1-2,5-12,17H2;1H. The van der Waals surface area contributed by atoms with E-state index in [0.717, 1.165) is 19.5 Å². The molecular formula is C16H28ClN3O. The summed E-state index contributed by atoms with van der Waals surface area (Å²) >= 11 is 0. The van der Waals surface area contributed by atoms with E-state index in [4.69, 9.17) is 5.73 Å². The molecule has 0 bridgehead atoms. The zero-order valence-electron chi connectivity index (χ0n) is 12.7. The van der Waals surface area contributed by atoms with Gasteiger partial charge in [0.25, 0.3) is 0 Å². The molecule has 3 unspecified atom stereocenters. The summed E-state index contributed by atoms with van der Waals surface area (Å²) in [7, 11) is 0. The second-order valence-electron chi connectivity index (χ2n) is 6.09. The fourth-order valence-corrected chi connectivity index (χ4v) is 3.62. The van der Waals surface area contributed by atoms with Crippen LogP contribution in [0, 0.1) is 11.8 Å². The predicted molar refractivity (Wildman–Crippen MR) is 89.5 cm³/mol. The fraction of sp³-hybridized carbons (Fsp3) is 0.688. The molecule has 1 saturated heterocycles. The Morgan fingerprint density at radius 1 is 1.24 bits per heavy atom. The van der Waals surface area contributed by atoms with Crippen molar-refractivity contribution in [2.45, 2.75) is 25.3 Å². The van der Waals surface area contributed by atoms with E-state index in [-0.39, 0.29) is 18.3 Å². The minimum Gasteiger partial charge on any atom is -0.334 e. The molecule has 4 nitrogen and oxygen atoms in total. The number of amides is 1. The number of fused-ring (bicyclic) bond motifs is 1. The zero-order chi connectivity index (χ0) is 14.5. The van der Waals surface area contributed by atoms with Crippen molar-refractivity contribution in [3.8, 4) is 0 Å². The smallest absolute Gasteiger partial charge is 0.237 e. The lowest BCUT2D eigenvalue weighted by Crippen LogP contribution is -2.41. The molecule has 2 N–H and O–H groups in total. The van der Waals surface area contributed by atoms with Gasteiger partial charge >= 0.3 is 0 Å². The SMILES string of the molecule is C=CCN(CC=C)C(=O)CN1CC2CCCC(N)C2C1.Cl. The van der Waals surface area contributed by atoms with Gasteiger partial charge in [0.15, 0.2) is 0 Å². The molecule has 0 spiro atoms. The zero-order valence-corrected chi connectivity index (χ0v) is 13.6. The van der Waals surface area contributed by atoms with Crippen LogP contribution in [0.4, 0.5) is 0 Å². The lowest BCUT2D eigenvalue weighted by Gasteiger charge is -2.29. The molecular weight excluding hydrogens is 286 g/mol. The van der Waals surface area contributed by atoms with Crippen LogP contribution in [-0.4, -0.2) is 54.5 Å². The highest BCUT2D eigenvalue weighted by Crippen LogP contribution is 2.35. The van der Waals surface area contributed by atoms with Crippen LogP contribution in [0.2, 0.25) is 0 Å². The van der Waals surface area contributed by atoms with Crippen LogP contribution in [0.5, 0.6) is 0 Å². The van der Waals surface area contributed by atoms with E-state index in [1.54, 1.807) is 17.1 Å².